The number of hydrogen-bond acceptors (Lipinski definition) is 7. The molecule has 11 heteroatoms. The van der Waals surface area contributed by atoms with Gasteiger partial charge in [-0.2, -0.15) is 5.10 Å². The molecule has 0 spiro atoms. The topological polar surface area (TPSA) is 187 Å². The number of amides is 2. The number of carbonyl (C=O) groups excluding carboxylic acids is 1. The summed E-state index contributed by atoms with van der Waals surface area (Å²) in [5.41, 5.74) is 11.8. The van der Waals surface area contributed by atoms with Gasteiger partial charge in [0.05, 0.1) is 12.3 Å². The lowest BCUT2D eigenvalue weighted by atomic mass is 10.1. The second kappa shape index (κ2) is 9.07. The molecule has 11 nitrogen and oxygen atoms in total. The van der Waals surface area contributed by atoms with Crippen molar-refractivity contribution >= 4 is 24.1 Å². The van der Waals surface area contributed by atoms with Gasteiger partial charge in [-0.1, -0.05) is 13.8 Å². The van der Waals surface area contributed by atoms with Crippen LogP contribution < -0.4 is 16.9 Å². The number of hydrazone groups is 1. The van der Waals surface area contributed by atoms with Crippen LogP contribution in [0.1, 0.15) is 19.6 Å². The fourth-order valence-corrected chi connectivity index (χ4v) is 0.954. The first-order chi connectivity index (χ1) is 10.1. The van der Waals surface area contributed by atoms with Crippen LogP contribution in [-0.4, -0.2) is 34.3 Å². The maximum atomic E-state index is 10.2. The highest BCUT2D eigenvalue weighted by Gasteiger charge is 2.14. The molecular weight excluding hydrogens is 298 g/mol. The number of nitrogens with one attached hydrogen (secondary N) is 1. The lowest BCUT2D eigenvalue weighted by Crippen LogP contribution is -2.34. The van der Waals surface area contributed by atoms with Gasteiger partial charge in [-0.05, 0) is 12.0 Å². The fourth-order valence-electron chi connectivity index (χ4n) is 0.954. The summed E-state index contributed by atoms with van der Waals surface area (Å²) in [5.74, 6) is -1.16. The summed E-state index contributed by atoms with van der Waals surface area (Å²) in [7, 11) is 0. The molecule has 0 unspecified atom stereocenters. The van der Waals surface area contributed by atoms with E-state index in [0.29, 0.717) is 0 Å². The quantitative estimate of drug-likeness (QED) is 0.340. The molecule has 1 aromatic rings. The van der Waals surface area contributed by atoms with Crippen LogP contribution in [0.4, 0.5) is 10.7 Å². The van der Waals surface area contributed by atoms with Crippen LogP contribution in [0.15, 0.2) is 21.7 Å². The first-order valence-electron chi connectivity index (χ1n) is 5.96. The van der Waals surface area contributed by atoms with E-state index >= 15 is 0 Å². The minimum absolute atomic E-state index is 0.0208. The van der Waals surface area contributed by atoms with Gasteiger partial charge in [-0.25, -0.2) is 10.2 Å². The molecule has 0 bridgehead atoms. The number of rotatable bonds is 5. The summed E-state index contributed by atoms with van der Waals surface area (Å²) in [6.07, 6.45) is 1.10. The Hall–Kier alpha value is -2.95. The second-order valence-electron chi connectivity index (χ2n) is 4.28. The van der Waals surface area contributed by atoms with Crippen molar-refractivity contribution in [2.75, 3.05) is 0 Å². The largest absolute Gasteiger partial charge is 0.480 e. The normalized spacial score (nSPS) is 11.6. The van der Waals surface area contributed by atoms with Crippen molar-refractivity contribution in [1.82, 2.24) is 5.43 Å². The smallest absolute Gasteiger partial charge is 0.433 e. The van der Waals surface area contributed by atoms with Crippen molar-refractivity contribution in [3.63, 3.8) is 0 Å². The highest BCUT2D eigenvalue weighted by molar-refractivity contribution is 5.78. The Bertz CT molecular complexity index is 553. The number of carbonyl (C=O) groups is 2. The van der Waals surface area contributed by atoms with Gasteiger partial charge in [0, 0.05) is 0 Å². The first-order valence-corrected chi connectivity index (χ1v) is 5.96. The standard InChI is InChI=1S/C6H6N4O4.C5H11NO2/c7-6(11)9-8-3-4-1-2-5(14-4)10(12)13;1-3(2)4(6)5(7)8/h1-3H,(H3,7,9,11);3-4H,6H2,1-2H3,(H,7,8)/b8-3+;/t;4-/m.0/s1. The van der Waals surface area contributed by atoms with Crippen molar-refractivity contribution in [2.45, 2.75) is 19.9 Å². The highest BCUT2D eigenvalue weighted by Crippen LogP contribution is 2.13. The molecule has 1 aromatic heterocycles. The molecule has 122 valence electrons. The Balaban J connectivity index is 0.000000472. The number of nitrogens with two attached hydrogens (primary N) is 2. The summed E-state index contributed by atoms with van der Waals surface area (Å²) < 4.78 is 4.69. The van der Waals surface area contributed by atoms with Crippen LogP contribution in [0, 0.1) is 16.0 Å². The minimum atomic E-state index is -0.931. The van der Waals surface area contributed by atoms with Crippen molar-refractivity contribution < 1.29 is 24.0 Å². The highest BCUT2D eigenvalue weighted by atomic mass is 16.6. The lowest BCUT2D eigenvalue weighted by Gasteiger charge is -2.07. The van der Waals surface area contributed by atoms with Crippen LogP contribution >= 0.6 is 0 Å². The average Bonchev–Trinajstić information content (AvgIpc) is 2.87. The molecule has 0 saturated heterocycles. The number of furan rings is 1. The van der Waals surface area contributed by atoms with Crippen LogP contribution in [0.2, 0.25) is 0 Å². The van der Waals surface area contributed by atoms with Crippen molar-refractivity contribution in [3.05, 3.63) is 28.0 Å². The molecular formula is C11H17N5O6. The van der Waals surface area contributed by atoms with Gasteiger partial charge in [0.15, 0.2) is 5.76 Å². The maximum absolute atomic E-state index is 10.2. The number of nitrogens with zero attached hydrogens (tertiary/aromatic N) is 2. The third-order valence-corrected chi connectivity index (χ3v) is 2.16. The van der Waals surface area contributed by atoms with E-state index in [9.17, 15) is 19.7 Å². The summed E-state index contributed by atoms with van der Waals surface area (Å²) in [6.45, 7) is 3.55. The Morgan fingerprint density at radius 2 is 2.09 bits per heavy atom. The summed E-state index contributed by atoms with van der Waals surface area (Å²) in [4.78, 5) is 29.7. The number of primary amides is 1. The lowest BCUT2D eigenvalue weighted by molar-refractivity contribution is -0.402. The monoisotopic (exact) mass is 315 g/mol. The second-order valence-corrected chi connectivity index (χ2v) is 4.28. The number of nitro groups is 1. The van der Waals surface area contributed by atoms with Crippen LogP contribution in [-0.2, 0) is 4.79 Å². The van der Waals surface area contributed by atoms with Gasteiger partial charge in [-0.15, -0.1) is 0 Å². The molecule has 6 N–H and O–H groups in total. The zero-order valence-electron chi connectivity index (χ0n) is 11.9. The molecule has 0 fully saturated rings. The summed E-state index contributed by atoms with van der Waals surface area (Å²) in [5, 5.41) is 21.7. The van der Waals surface area contributed by atoms with Crippen LogP contribution in [0.5, 0.6) is 0 Å². The molecule has 1 atom stereocenters. The van der Waals surface area contributed by atoms with Gasteiger partial charge in [0.2, 0.25) is 0 Å². The molecule has 0 radical (unpaired) electrons. The molecule has 1 rings (SSSR count). The zero-order valence-corrected chi connectivity index (χ0v) is 11.9. The molecule has 0 aliphatic rings. The molecule has 22 heavy (non-hydrogen) atoms. The van der Waals surface area contributed by atoms with Crippen LogP contribution in [0.25, 0.3) is 0 Å². The molecule has 0 aliphatic heterocycles. The first kappa shape index (κ1) is 19.1. The van der Waals surface area contributed by atoms with E-state index in [2.05, 4.69) is 9.52 Å². The van der Waals surface area contributed by atoms with E-state index in [1.165, 1.54) is 12.1 Å². The number of hydrogen-bond donors (Lipinski definition) is 4. The SMILES string of the molecule is CC(C)[C@H](N)C(=O)O.NC(=O)N/N=C/c1ccc([N+](=O)[O-])o1. The van der Waals surface area contributed by atoms with E-state index in [-0.39, 0.29) is 11.7 Å². The Kier molecular flexibility index (Phi) is 7.86. The van der Waals surface area contributed by atoms with E-state index < -0.39 is 28.8 Å². The van der Waals surface area contributed by atoms with E-state index in [1.807, 2.05) is 5.43 Å². The van der Waals surface area contributed by atoms with Crippen LogP contribution in [0.3, 0.4) is 0 Å². The van der Waals surface area contributed by atoms with Gasteiger partial charge < -0.3 is 21.0 Å². The number of carboxylic acid groups (broad SMARTS) is 1. The van der Waals surface area contributed by atoms with Gasteiger partial charge in [0.1, 0.15) is 11.0 Å². The van der Waals surface area contributed by atoms with Crippen molar-refractivity contribution in [3.8, 4) is 0 Å². The van der Waals surface area contributed by atoms with E-state index in [1.54, 1.807) is 13.8 Å². The summed E-state index contributed by atoms with van der Waals surface area (Å²) in [6, 6.07) is 0.966. The molecule has 1 heterocycles. The third-order valence-electron chi connectivity index (χ3n) is 2.16. The van der Waals surface area contributed by atoms with E-state index in [4.69, 9.17) is 16.6 Å². The number of urea groups is 1. The maximum Gasteiger partial charge on any atom is 0.433 e. The predicted octanol–water partition coefficient (Wildman–Crippen LogP) is 0.244. The van der Waals surface area contributed by atoms with E-state index in [0.717, 1.165) is 6.21 Å². The number of carboxylic acids is 1. The third kappa shape index (κ3) is 7.59. The molecule has 0 aliphatic carbocycles. The average molecular weight is 315 g/mol. The van der Waals surface area contributed by atoms with Crippen molar-refractivity contribution in [1.29, 1.82) is 0 Å². The zero-order chi connectivity index (χ0) is 17.3. The van der Waals surface area contributed by atoms with Gasteiger partial charge in [0.25, 0.3) is 0 Å². The van der Waals surface area contributed by atoms with Crippen molar-refractivity contribution in [2.24, 2.45) is 22.5 Å². The number of aliphatic carboxylic acids is 1. The molecule has 0 aromatic carbocycles. The molecule has 2 amide bonds. The van der Waals surface area contributed by atoms with Gasteiger partial charge in [-0.3, -0.25) is 14.9 Å². The molecule has 0 saturated carbocycles. The predicted molar refractivity (Wildman–Crippen MR) is 76.1 cm³/mol. The minimum Gasteiger partial charge on any atom is -0.480 e. The van der Waals surface area contributed by atoms with Gasteiger partial charge >= 0.3 is 17.9 Å². The summed E-state index contributed by atoms with van der Waals surface area (Å²) >= 11 is 0. The Morgan fingerprint density at radius 1 is 1.50 bits per heavy atom. The Labute approximate surface area is 125 Å². The fraction of sp³-hybridized carbons (Fsp3) is 0.364. The Morgan fingerprint density at radius 3 is 2.41 bits per heavy atom.